The molecular formula is C18H26INO. The van der Waals surface area contributed by atoms with Gasteiger partial charge in [-0.2, -0.15) is 0 Å². The maximum atomic E-state index is 5.51. The van der Waals surface area contributed by atoms with E-state index in [1.165, 1.54) is 45.1 Å². The zero-order valence-electron chi connectivity index (χ0n) is 13.1. The topological polar surface area (TPSA) is 12.5 Å². The number of halogens is 1. The number of likely N-dealkylation sites (N-methyl/N-ethyl adjacent to an activating group) is 1. The first kappa shape index (κ1) is 15.6. The van der Waals surface area contributed by atoms with E-state index in [2.05, 4.69) is 30.1 Å². The van der Waals surface area contributed by atoms with Crippen LogP contribution in [0.15, 0.2) is 18.2 Å². The average Bonchev–Trinajstić information content (AvgIpc) is 2.50. The summed E-state index contributed by atoms with van der Waals surface area (Å²) in [6.07, 6.45) is 8.22. The predicted molar refractivity (Wildman–Crippen MR) is 96.8 cm³/mol. The summed E-state index contributed by atoms with van der Waals surface area (Å²) in [4.78, 5) is 2.63. The molecule has 1 aliphatic heterocycles. The van der Waals surface area contributed by atoms with E-state index in [1.54, 1.807) is 18.2 Å². The van der Waals surface area contributed by atoms with Crippen molar-refractivity contribution in [1.82, 2.24) is 4.90 Å². The maximum absolute atomic E-state index is 5.51. The Balaban J connectivity index is 0.00000132. The molecule has 0 unspecified atom stereocenters. The second kappa shape index (κ2) is 5.73. The van der Waals surface area contributed by atoms with Crippen molar-refractivity contribution in [2.24, 2.45) is 5.92 Å². The molecule has 1 saturated carbocycles. The maximum Gasteiger partial charge on any atom is 0.119 e. The molecule has 2 bridgehead atoms. The van der Waals surface area contributed by atoms with Crippen molar-refractivity contribution < 1.29 is 4.74 Å². The minimum atomic E-state index is 0. The van der Waals surface area contributed by atoms with E-state index in [4.69, 9.17) is 4.74 Å². The fourth-order valence-electron chi connectivity index (χ4n) is 5.30. The zero-order chi connectivity index (χ0) is 13.7. The number of piperidine rings is 1. The molecule has 0 aromatic heterocycles. The number of ether oxygens (including phenoxy) is 1. The van der Waals surface area contributed by atoms with E-state index in [0.29, 0.717) is 5.41 Å². The molecule has 1 aromatic rings. The van der Waals surface area contributed by atoms with Gasteiger partial charge in [0.15, 0.2) is 0 Å². The van der Waals surface area contributed by atoms with E-state index in [0.717, 1.165) is 17.7 Å². The van der Waals surface area contributed by atoms with Gasteiger partial charge in [-0.1, -0.05) is 18.9 Å². The van der Waals surface area contributed by atoms with Crippen molar-refractivity contribution in [2.75, 3.05) is 20.7 Å². The van der Waals surface area contributed by atoms with Gasteiger partial charge in [-0.05, 0) is 68.5 Å². The third-order valence-electron chi connectivity index (χ3n) is 6.32. The number of fused-ring (bicyclic) bond motifs is 1. The molecule has 3 aliphatic rings. The smallest absolute Gasteiger partial charge is 0.119 e. The summed E-state index contributed by atoms with van der Waals surface area (Å²) >= 11 is 0. The van der Waals surface area contributed by atoms with E-state index >= 15 is 0 Å². The Morgan fingerprint density at radius 1 is 1.24 bits per heavy atom. The van der Waals surface area contributed by atoms with Crippen LogP contribution in [0.25, 0.3) is 0 Å². The van der Waals surface area contributed by atoms with Gasteiger partial charge < -0.3 is 9.64 Å². The van der Waals surface area contributed by atoms with Crippen LogP contribution in [0.5, 0.6) is 5.75 Å². The lowest BCUT2D eigenvalue weighted by Crippen LogP contribution is -2.59. The first-order chi connectivity index (χ1) is 9.74. The lowest BCUT2D eigenvalue weighted by Gasteiger charge is -2.58. The van der Waals surface area contributed by atoms with Crippen molar-refractivity contribution in [2.45, 2.75) is 50.0 Å². The number of benzene rings is 1. The minimum absolute atomic E-state index is 0. The quantitative estimate of drug-likeness (QED) is 0.662. The van der Waals surface area contributed by atoms with Crippen LogP contribution in [0, 0.1) is 5.92 Å². The molecule has 21 heavy (non-hydrogen) atoms. The second-order valence-corrected chi connectivity index (χ2v) is 7.03. The summed E-state index contributed by atoms with van der Waals surface area (Å²) in [5, 5.41) is 0. The average molecular weight is 399 g/mol. The van der Waals surface area contributed by atoms with Crippen LogP contribution in [0.3, 0.4) is 0 Å². The summed E-state index contributed by atoms with van der Waals surface area (Å²) in [5.74, 6) is 1.91. The van der Waals surface area contributed by atoms with Crippen LogP contribution in [0.2, 0.25) is 0 Å². The van der Waals surface area contributed by atoms with Gasteiger partial charge in [-0.3, -0.25) is 0 Å². The van der Waals surface area contributed by atoms with Gasteiger partial charge >= 0.3 is 0 Å². The molecule has 3 atom stereocenters. The van der Waals surface area contributed by atoms with Crippen LogP contribution in [-0.4, -0.2) is 31.6 Å². The molecule has 1 heterocycles. The van der Waals surface area contributed by atoms with E-state index < -0.39 is 0 Å². The summed E-state index contributed by atoms with van der Waals surface area (Å²) in [6, 6.07) is 7.60. The highest BCUT2D eigenvalue weighted by molar-refractivity contribution is 14.0. The molecule has 2 nitrogen and oxygen atoms in total. The Bertz CT molecular complexity index is 532. The minimum Gasteiger partial charge on any atom is -0.497 e. The van der Waals surface area contributed by atoms with Crippen molar-refractivity contribution >= 4 is 24.0 Å². The van der Waals surface area contributed by atoms with Crippen LogP contribution in [0.4, 0.5) is 0 Å². The number of likely N-dealkylation sites (tertiary alicyclic amines) is 1. The Labute approximate surface area is 145 Å². The monoisotopic (exact) mass is 399 g/mol. The highest BCUT2D eigenvalue weighted by Gasteiger charge is 2.53. The molecule has 0 amide bonds. The fraction of sp³-hybridized carbons (Fsp3) is 0.667. The van der Waals surface area contributed by atoms with Gasteiger partial charge in [0, 0.05) is 11.5 Å². The lowest BCUT2D eigenvalue weighted by atomic mass is 9.52. The van der Waals surface area contributed by atoms with Crippen molar-refractivity contribution in [3.63, 3.8) is 0 Å². The lowest BCUT2D eigenvalue weighted by molar-refractivity contribution is 0.00274. The Morgan fingerprint density at radius 3 is 2.90 bits per heavy atom. The Kier molecular flexibility index (Phi) is 4.25. The first-order valence-corrected chi connectivity index (χ1v) is 8.12. The van der Waals surface area contributed by atoms with Crippen molar-refractivity contribution in [1.29, 1.82) is 0 Å². The van der Waals surface area contributed by atoms with Gasteiger partial charge in [0.1, 0.15) is 5.75 Å². The van der Waals surface area contributed by atoms with Gasteiger partial charge in [0.2, 0.25) is 0 Å². The van der Waals surface area contributed by atoms with Gasteiger partial charge in [-0.15, -0.1) is 24.0 Å². The molecule has 1 aromatic carbocycles. The Hall–Kier alpha value is -0.290. The standard InChI is InChI=1S/C18H25NO.HI/c1-19-10-9-18-8-4-3-5-15(18)17(19)11-13-6-7-14(20-2)12-16(13)18;/h6-7,12,15,17H,3-5,8-11H2,1-2H3;1H/t15-,17+,18+;/m1./s1. The highest BCUT2D eigenvalue weighted by Crippen LogP contribution is 2.55. The van der Waals surface area contributed by atoms with Crippen LogP contribution >= 0.6 is 24.0 Å². The first-order valence-electron chi connectivity index (χ1n) is 8.12. The summed E-state index contributed by atoms with van der Waals surface area (Å²) in [6.45, 7) is 1.26. The van der Waals surface area contributed by atoms with E-state index in [9.17, 15) is 0 Å². The molecule has 0 spiro atoms. The molecule has 0 radical (unpaired) electrons. The van der Waals surface area contributed by atoms with Gasteiger partial charge in [0.25, 0.3) is 0 Å². The third-order valence-corrected chi connectivity index (χ3v) is 6.32. The molecule has 1 saturated heterocycles. The number of rotatable bonds is 1. The van der Waals surface area contributed by atoms with Crippen molar-refractivity contribution in [3.05, 3.63) is 29.3 Å². The SMILES string of the molecule is COc1ccc2c(c1)[C@]13CCCC[C@@H]1[C@H](C2)N(C)CC3.I. The Morgan fingerprint density at radius 2 is 2.10 bits per heavy atom. The second-order valence-electron chi connectivity index (χ2n) is 7.03. The zero-order valence-corrected chi connectivity index (χ0v) is 15.4. The van der Waals surface area contributed by atoms with E-state index in [1.807, 2.05) is 0 Å². The predicted octanol–water partition coefficient (Wildman–Crippen LogP) is 4.00. The largest absolute Gasteiger partial charge is 0.497 e. The molecule has 2 fully saturated rings. The van der Waals surface area contributed by atoms with Gasteiger partial charge in [-0.25, -0.2) is 0 Å². The molecule has 116 valence electrons. The fourth-order valence-corrected chi connectivity index (χ4v) is 5.30. The van der Waals surface area contributed by atoms with Crippen LogP contribution in [-0.2, 0) is 11.8 Å². The molecule has 2 aliphatic carbocycles. The van der Waals surface area contributed by atoms with Crippen LogP contribution in [0.1, 0.15) is 43.2 Å². The van der Waals surface area contributed by atoms with E-state index in [-0.39, 0.29) is 24.0 Å². The normalized spacial score (nSPS) is 34.4. The highest BCUT2D eigenvalue weighted by atomic mass is 127. The molecule has 3 heteroatoms. The number of nitrogens with zero attached hydrogens (tertiary/aromatic N) is 1. The number of hydrogen-bond acceptors (Lipinski definition) is 2. The third kappa shape index (κ3) is 2.23. The molecule has 4 rings (SSSR count). The summed E-state index contributed by atoms with van der Waals surface area (Å²) in [7, 11) is 4.12. The summed E-state index contributed by atoms with van der Waals surface area (Å²) < 4.78 is 5.51. The van der Waals surface area contributed by atoms with Crippen molar-refractivity contribution in [3.8, 4) is 5.75 Å². The number of hydrogen-bond donors (Lipinski definition) is 0. The summed E-state index contributed by atoms with van der Waals surface area (Å²) in [5.41, 5.74) is 3.67. The molecular weight excluding hydrogens is 373 g/mol. The van der Waals surface area contributed by atoms with Gasteiger partial charge in [0.05, 0.1) is 7.11 Å². The molecule has 0 N–H and O–H groups in total. The number of methoxy groups -OCH3 is 1. The van der Waals surface area contributed by atoms with Crippen LogP contribution < -0.4 is 4.74 Å².